The van der Waals surface area contributed by atoms with Crippen molar-refractivity contribution >= 4 is 16.9 Å². The van der Waals surface area contributed by atoms with E-state index >= 15 is 0 Å². The molecule has 0 aliphatic rings. The van der Waals surface area contributed by atoms with Crippen molar-refractivity contribution in [2.24, 2.45) is 0 Å². The molecule has 0 spiro atoms. The van der Waals surface area contributed by atoms with Crippen LogP contribution in [-0.4, -0.2) is 10.9 Å². The Labute approximate surface area is 99.4 Å². The van der Waals surface area contributed by atoms with Crippen molar-refractivity contribution in [3.05, 3.63) is 34.6 Å². The molecule has 0 heterocycles. The van der Waals surface area contributed by atoms with Crippen molar-refractivity contribution in [1.82, 2.24) is 0 Å². The molecule has 16 heavy (non-hydrogen) atoms. The summed E-state index contributed by atoms with van der Waals surface area (Å²) in [6.07, 6.45) is 0. The zero-order chi connectivity index (χ0) is 12.1. The molecule has 1 aromatic rings. The van der Waals surface area contributed by atoms with Gasteiger partial charge in [0, 0.05) is 12.5 Å². The van der Waals surface area contributed by atoms with E-state index < -0.39 is 0 Å². The Hall–Kier alpha value is -1.27. The molecule has 1 rings (SSSR count). The van der Waals surface area contributed by atoms with Gasteiger partial charge in [0.1, 0.15) is 5.82 Å². The summed E-state index contributed by atoms with van der Waals surface area (Å²) in [4.78, 5) is 10.7. The summed E-state index contributed by atoms with van der Waals surface area (Å²) in [6, 6.07) is 3.43. The summed E-state index contributed by atoms with van der Waals surface area (Å²) in [5.74, 6) is 6.10. The Morgan fingerprint density at radius 2 is 1.94 bits per heavy atom. The van der Waals surface area contributed by atoms with Crippen molar-refractivity contribution in [2.75, 3.05) is 5.75 Å². The first-order chi connectivity index (χ1) is 7.50. The summed E-state index contributed by atoms with van der Waals surface area (Å²) in [5, 5.41) is 0.0563. The first-order valence-electron chi connectivity index (χ1n) is 4.89. The maximum atomic E-state index is 13.3. The van der Waals surface area contributed by atoms with Crippen LogP contribution < -0.4 is 0 Å². The molecular formula is C13H13FOS. The van der Waals surface area contributed by atoms with Crippen LogP contribution in [0.2, 0.25) is 0 Å². The van der Waals surface area contributed by atoms with Crippen LogP contribution in [0.4, 0.5) is 4.39 Å². The first kappa shape index (κ1) is 12.8. The van der Waals surface area contributed by atoms with E-state index in [1.54, 1.807) is 26.0 Å². The molecule has 0 saturated carbocycles. The number of rotatable bonds is 1. The van der Waals surface area contributed by atoms with Crippen LogP contribution in [0.5, 0.6) is 0 Å². The van der Waals surface area contributed by atoms with Crippen molar-refractivity contribution in [2.45, 2.75) is 20.8 Å². The number of benzene rings is 1. The molecule has 0 fully saturated rings. The second-order valence-corrected chi connectivity index (χ2v) is 4.66. The van der Waals surface area contributed by atoms with Gasteiger partial charge in [0.15, 0.2) is 5.12 Å². The van der Waals surface area contributed by atoms with E-state index in [9.17, 15) is 9.18 Å². The molecule has 0 aromatic heterocycles. The van der Waals surface area contributed by atoms with E-state index in [0.29, 0.717) is 16.9 Å². The van der Waals surface area contributed by atoms with Gasteiger partial charge in [-0.25, -0.2) is 4.39 Å². The number of aryl methyl sites for hydroxylation is 2. The van der Waals surface area contributed by atoms with Gasteiger partial charge < -0.3 is 0 Å². The summed E-state index contributed by atoms with van der Waals surface area (Å²) < 4.78 is 13.3. The van der Waals surface area contributed by atoms with Crippen molar-refractivity contribution < 1.29 is 9.18 Å². The average Bonchev–Trinajstić information content (AvgIpc) is 2.20. The molecule has 0 bridgehead atoms. The molecule has 84 valence electrons. The van der Waals surface area contributed by atoms with Crippen LogP contribution >= 0.6 is 11.8 Å². The molecule has 0 atom stereocenters. The van der Waals surface area contributed by atoms with Crippen LogP contribution in [0.3, 0.4) is 0 Å². The highest BCUT2D eigenvalue weighted by Gasteiger charge is 2.02. The number of hydrogen-bond donors (Lipinski definition) is 0. The molecule has 1 aromatic carbocycles. The van der Waals surface area contributed by atoms with Crippen molar-refractivity contribution in [3.63, 3.8) is 0 Å². The first-order valence-corrected chi connectivity index (χ1v) is 5.88. The van der Waals surface area contributed by atoms with E-state index in [0.717, 1.165) is 5.56 Å². The maximum absolute atomic E-state index is 13.3. The molecule has 0 radical (unpaired) electrons. The van der Waals surface area contributed by atoms with Gasteiger partial charge in [-0.15, -0.1) is 0 Å². The van der Waals surface area contributed by atoms with Gasteiger partial charge in [-0.2, -0.15) is 0 Å². The molecule has 0 N–H and O–H groups in total. The van der Waals surface area contributed by atoms with E-state index in [1.165, 1.54) is 18.7 Å². The van der Waals surface area contributed by atoms with Gasteiger partial charge >= 0.3 is 0 Å². The van der Waals surface area contributed by atoms with Crippen LogP contribution in [0, 0.1) is 31.5 Å². The number of hydrogen-bond acceptors (Lipinski definition) is 2. The quantitative estimate of drug-likeness (QED) is 0.697. The van der Waals surface area contributed by atoms with Crippen LogP contribution in [0.1, 0.15) is 23.6 Å². The van der Waals surface area contributed by atoms with Crippen LogP contribution in [0.15, 0.2) is 12.1 Å². The second kappa shape index (κ2) is 5.72. The fourth-order valence-electron chi connectivity index (χ4n) is 1.29. The monoisotopic (exact) mass is 236 g/mol. The fraction of sp³-hybridized carbons (Fsp3) is 0.308. The van der Waals surface area contributed by atoms with Crippen LogP contribution in [0.25, 0.3) is 0 Å². The predicted octanol–water partition coefficient (Wildman–Crippen LogP) is 3.07. The highest BCUT2D eigenvalue weighted by atomic mass is 32.2. The minimum absolute atomic E-state index is 0.0563. The third kappa shape index (κ3) is 3.71. The highest BCUT2D eigenvalue weighted by Crippen LogP contribution is 2.13. The van der Waals surface area contributed by atoms with Crippen molar-refractivity contribution in [3.8, 4) is 11.8 Å². The Balaban J connectivity index is 2.78. The van der Waals surface area contributed by atoms with Gasteiger partial charge in [-0.05, 0) is 37.1 Å². The third-order valence-corrected chi connectivity index (χ3v) is 2.71. The fourth-order valence-corrected chi connectivity index (χ4v) is 1.64. The zero-order valence-electron chi connectivity index (χ0n) is 9.56. The molecule has 0 saturated heterocycles. The second-order valence-electron chi connectivity index (χ2n) is 3.51. The smallest absolute Gasteiger partial charge is 0.186 e. The number of halogens is 1. The lowest BCUT2D eigenvalue weighted by molar-refractivity contribution is -0.109. The van der Waals surface area contributed by atoms with Crippen LogP contribution in [-0.2, 0) is 4.79 Å². The lowest BCUT2D eigenvalue weighted by atomic mass is 10.1. The maximum Gasteiger partial charge on any atom is 0.186 e. The Morgan fingerprint density at radius 3 is 2.44 bits per heavy atom. The Kier molecular flexibility index (Phi) is 4.57. The van der Waals surface area contributed by atoms with Gasteiger partial charge in [-0.3, -0.25) is 4.79 Å². The molecule has 0 aliphatic heterocycles. The standard InChI is InChI=1S/C13H13FOS/c1-9-7-12(8-10(2)13(9)14)5-4-6-16-11(3)15/h7-8H,6H2,1-3H3. The SMILES string of the molecule is CC(=O)SCC#Cc1cc(C)c(F)c(C)c1. The molecule has 0 unspecified atom stereocenters. The molecule has 1 nitrogen and oxygen atoms in total. The number of carbonyl (C=O) groups is 1. The van der Waals surface area contributed by atoms with Gasteiger partial charge in [0.2, 0.25) is 0 Å². The van der Waals surface area contributed by atoms with E-state index in [2.05, 4.69) is 11.8 Å². The summed E-state index contributed by atoms with van der Waals surface area (Å²) in [6.45, 7) is 4.95. The minimum atomic E-state index is -0.177. The number of carbonyl (C=O) groups excluding carboxylic acids is 1. The zero-order valence-corrected chi connectivity index (χ0v) is 10.4. The summed E-state index contributed by atoms with van der Waals surface area (Å²) in [7, 11) is 0. The lowest BCUT2D eigenvalue weighted by Crippen LogP contribution is -1.89. The minimum Gasteiger partial charge on any atom is -0.288 e. The van der Waals surface area contributed by atoms with E-state index in [4.69, 9.17) is 0 Å². The van der Waals surface area contributed by atoms with E-state index in [-0.39, 0.29) is 10.9 Å². The molecule has 0 aliphatic carbocycles. The topological polar surface area (TPSA) is 17.1 Å². The molecular weight excluding hydrogens is 223 g/mol. The molecule has 3 heteroatoms. The highest BCUT2D eigenvalue weighted by molar-refractivity contribution is 8.13. The average molecular weight is 236 g/mol. The third-order valence-electron chi connectivity index (χ3n) is 2.02. The number of thioether (sulfide) groups is 1. The molecule has 0 amide bonds. The predicted molar refractivity (Wildman–Crippen MR) is 65.9 cm³/mol. The largest absolute Gasteiger partial charge is 0.288 e. The normalized spacial score (nSPS) is 9.50. The van der Waals surface area contributed by atoms with Gasteiger partial charge in [0.25, 0.3) is 0 Å². The van der Waals surface area contributed by atoms with Gasteiger partial charge in [-0.1, -0.05) is 23.6 Å². The van der Waals surface area contributed by atoms with Gasteiger partial charge in [0.05, 0.1) is 5.75 Å². The Bertz CT molecular complexity index is 446. The summed E-state index contributed by atoms with van der Waals surface area (Å²) in [5.41, 5.74) is 1.99. The lowest BCUT2D eigenvalue weighted by Gasteiger charge is -2.01. The Morgan fingerprint density at radius 1 is 1.38 bits per heavy atom. The van der Waals surface area contributed by atoms with Crippen molar-refractivity contribution in [1.29, 1.82) is 0 Å². The van der Waals surface area contributed by atoms with E-state index in [1.807, 2.05) is 0 Å². The summed E-state index contributed by atoms with van der Waals surface area (Å²) >= 11 is 1.18.